The lowest BCUT2D eigenvalue weighted by Crippen LogP contribution is -2.35. The molecule has 0 saturated heterocycles. The monoisotopic (exact) mass is 406 g/mol. The number of aryl methyl sites for hydroxylation is 1. The Morgan fingerprint density at radius 3 is 2.60 bits per heavy atom. The van der Waals surface area contributed by atoms with Crippen molar-refractivity contribution in [1.29, 1.82) is 0 Å². The van der Waals surface area contributed by atoms with E-state index in [1.54, 1.807) is 23.5 Å². The molecular formula is C23H26N4O3. The number of amides is 2. The summed E-state index contributed by atoms with van der Waals surface area (Å²) in [6, 6.07) is 13.1. The van der Waals surface area contributed by atoms with Gasteiger partial charge in [0.1, 0.15) is 11.4 Å². The van der Waals surface area contributed by atoms with E-state index in [1.165, 1.54) is 0 Å². The lowest BCUT2D eigenvalue weighted by atomic mass is 10.2. The van der Waals surface area contributed by atoms with Crippen LogP contribution in [0.1, 0.15) is 48.7 Å². The number of nitrogens with zero attached hydrogens (tertiary/aromatic N) is 2. The number of rotatable bonds is 6. The summed E-state index contributed by atoms with van der Waals surface area (Å²) in [5.41, 5.74) is 1.93. The second-order valence-electron chi connectivity index (χ2n) is 7.76. The van der Waals surface area contributed by atoms with Gasteiger partial charge in [-0.1, -0.05) is 37.1 Å². The van der Waals surface area contributed by atoms with Gasteiger partial charge in [-0.25, -0.2) is 4.98 Å². The predicted octanol–water partition coefficient (Wildman–Crippen LogP) is 3.72. The van der Waals surface area contributed by atoms with Crippen LogP contribution in [0.25, 0.3) is 5.65 Å². The number of carbonyl (C=O) groups excluding carboxylic acids is 2. The Balaban J connectivity index is 1.59. The van der Waals surface area contributed by atoms with Crippen molar-refractivity contribution in [2.45, 2.75) is 51.7 Å². The van der Waals surface area contributed by atoms with Crippen LogP contribution in [0, 0.1) is 6.92 Å². The Bertz CT molecular complexity index is 1060. The normalized spacial score (nSPS) is 15.1. The molecule has 7 nitrogen and oxygen atoms in total. The fourth-order valence-corrected chi connectivity index (χ4v) is 3.75. The molecule has 0 bridgehead atoms. The van der Waals surface area contributed by atoms with Gasteiger partial charge in [0.05, 0.1) is 0 Å². The maximum atomic E-state index is 13.1. The average Bonchev–Trinajstić information content (AvgIpc) is 3.35. The van der Waals surface area contributed by atoms with Gasteiger partial charge in [0.2, 0.25) is 0 Å². The molecule has 0 radical (unpaired) electrons. The molecular weight excluding hydrogens is 380 g/mol. The molecule has 156 valence electrons. The second kappa shape index (κ2) is 8.57. The van der Waals surface area contributed by atoms with E-state index in [0.29, 0.717) is 17.1 Å². The van der Waals surface area contributed by atoms with Gasteiger partial charge in [-0.3, -0.25) is 14.0 Å². The van der Waals surface area contributed by atoms with Gasteiger partial charge in [0, 0.05) is 12.2 Å². The van der Waals surface area contributed by atoms with Gasteiger partial charge in [-0.05, 0) is 50.5 Å². The van der Waals surface area contributed by atoms with Crippen LogP contribution in [-0.2, 0) is 4.79 Å². The molecule has 1 aliphatic rings. The second-order valence-corrected chi connectivity index (χ2v) is 7.76. The fraction of sp³-hybridized carbons (Fsp3) is 0.348. The molecule has 1 unspecified atom stereocenters. The summed E-state index contributed by atoms with van der Waals surface area (Å²) in [7, 11) is 0. The highest BCUT2D eigenvalue weighted by Gasteiger charge is 2.26. The molecule has 2 heterocycles. The van der Waals surface area contributed by atoms with Crippen molar-refractivity contribution in [3.63, 3.8) is 0 Å². The van der Waals surface area contributed by atoms with Crippen molar-refractivity contribution in [3.05, 3.63) is 59.9 Å². The van der Waals surface area contributed by atoms with E-state index in [9.17, 15) is 9.59 Å². The number of carbonyl (C=O) groups is 2. The van der Waals surface area contributed by atoms with Crippen LogP contribution in [-0.4, -0.2) is 33.3 Å². The van der Waals surface area contributed by atoms with Crippen LogP contribution in [0.5, 0.6) is 5.75 Å². The summed E-state index contributed by atoms with van der Waals surface area (Å²) < 4.78 is 7.44. The quantitative estimate of drug-likeness (QED) is 0.653. The largest absolute Gasteiger partial charge is 0.481 e. The summed E-state index contributed by atoms with van der Waals surface area (Å²) >= 11 is 0. The third-order valence-corrected chi connectivity index (χ3v) is 5.34. The Kier molecular flexibility index (Phi) is 5.70. The topological polar surface area (TPSA) is 84.7 Å². The third kappa shape index (κ3) is 4.30. The number of ether oxygens (including phenoxy) is 1. The number of hydrogen-bond donors (Lipinski definition) is 2. The number of imidazole rings is 1. The highest BCUT2D eigenvalue weighted by atomic mass is 16.5. The van der Waals surface area contributed by atoms with Crippen LogP contribution in [0.3, 0.4) is 0 Å². The van der Waals surface area contributed by atoms with Gasteiger partial charge in [0.15, 0.2) is 17.6 Å². The van der Waals surface area contributed by atoms with Crippen molar-refractivity contribution in [1.82, 2.24) is 14.7 Å². The maximum absolute atomic E-state index is 13.1. The van der Waals surface area contributed by atoms with E-state index >= 15 is 0 Å². The Labute approximate surface area is 175 Å². The van der Waals surface area contributed by atoms with E-state index in [-0.39, 0.29) is 23.7 Å². The fourth-order valence-electron chi connectivity index (χ4n) is 3.75. The van der Waals surface area contributed by atoms with Crippen molar-refractivity contribution in [2.75, 3.05) is 5.32 Å². The van der Waals surface area contributed by atoms with E-state index in [2.05, 4.69) is 15.6 Å². The number of pyridine rings is 1. The van der Waals surface area contributed by atoms with Crippen LogP contribution in [0.15, 0.2) is 48.7 Å². The standard InChI is InChI=1S/C23H26N4O3/c1-15-12-13-19-25-21(26-22(28)16(2)30-18-10-4-3-5-11-18)20(27(19)14-15)23(29)24-17-8-6-7-9-17/h3-5,10-14,16-17H,6-9H2,1-2H3,(H,24,29)(H,26,28). The summed E-state index contributed by atoms with van der Waals surface area (Å²) in [4.78, 5) is 30.4. The lowest BCUT2D eigenvalue weighted by molar-refractivity contribution is -0.122. The van der Waals surface area contributed by atoms with E-state index < -0.39 is 6.10 Å². The van der Waals surface area contributed by atoms with Gasteiger partial charge in [0.25, 0.3) is 11.8 Å². The number of aromatic nitrogens is 2. The zero-order valence-electron chi connectivity index (χ0n) is 17.2. The predicted molar refractivity (Wildman–Crippen MR) is 115 cm³/mol. The first kappa shape index (κ1) is 19.9. The molecule has 1 aliphatic carbocycles. The van der Waals surface area contributed by atoms with E-state index in [1.807, 2.05) is 43.5 Å². The van der Waals surface area contributed by atoms with Crippen LogP contribution in [0.2, 0.25) is 0 Å². The minimum atomic E-state index is -0.746. The number of nitrogens with one attached hydrogen (secondary N) is 2. The molecule has 2 N–H and O–H groups in total. The smallest absolute Gasteiger partial charge is 0.272 e. The molecule has 4 rings (SSSR count). The molecule has 1 saturated carbocycles. The molecule has 1 fully saturated rings. The van der Waals surface area contributed by atoms with Gasteiger partial charge >= 0.3 is 0 Å². The number of hydrogen-bond acceptors (Lipinski definition) is 4. The molecule has 1 aromatic carbocycles. The summed E-state index contributed by atoms with van der Waals surface area (Å²) in [6.07, 6.45) is 5.30. The van der Waals surface area contributed by atoms with Gasteiger partial charge < -0.3 is 15.4 Å². The van der Waals surface area contributed by atoms with Crippen molar-refractivity contribution in [3.8, 4) is 5.75 Å². The van der Waals surface area contributed by atoms with Crippen LogP contribution in [0.4, 0.5) is 5.82 Å². The number of fused-ring (bicyclic) bond motifs is 1. The Morgan fingerprint density at radius 2 is 1.87 bits per heavy atom. The molecule has 0 spiro atoms. The molecule has 3 aromatic rings. The van der Waals surface area contributed by atoms with Gasteiger partial charge in [-0.15, -0.1) is 0 Å². The van der Waals surface area contributed by atoms with Crippen LogP contribution < -0.4 is 15.4 Å². The first-order chi connectivity index (χ1) is 14.5. The van der Waals surface area contributed by atoms with Crippen LogP contribution >= 0.6 is 0 Å². The average molecular weight is 406 g/mol. The zero-order chi connectivity index (χ0) is 21.1. The summed E-state index contributed by atoms with van der Waals surface area (Å²) in [6.45, 7) is 3.62. The number of anilines is 1. The molecule has 2 amide bonds. The SMILES string of the molecule is Cc1ccc2nc(NC(=O)C(C)Oc3ccccc3)c(C(=O)NC3CCCC3)n2c1. The number of para-hydroxylation sites is 1. The number of benzene rings is 1. The third-order valence-electron chi connectivity index (χ3n) is 5.34. The summed E-state index contributed by atoms with van der Waals surface area (Å²) in [5, 5.41) is 5.88. The molecule has 30 heavy (non-hydrogen) atoms. The minimum absolute atomic E-state index is 0.164. The minimum Gasteiger partial charge on any atom is -0.481 e. The van der Waals surface area contributed by atoms with Crippen molar-refractivity contribution in [2.24, 2.45) is 0 Å². The molecule has 2 aromatic heterocycles. The van der Waals surface area contributed by atoms with E-state index in [0.717, 1.165) is 31.2 Å². The highest BCUT2D eigenvalue weighted by Crippen LogP contribution is 2.22. The highest BCUT2D eigenvalue weighted by molar-refractivity contribution is 6.03. The Hall–Kier alpha value is -3.35. The molecule has 0 aliphatic heterocycles. The van der Waals surface area contributed by atoms with Crippen molar-refractivity contribution < 1.29 is 14.3 Å². The van der Waals surface area contributed by atoms with Gasteiger partial charge in [-0.2, -0.15) is 0 Å². The van der Waals surface area contributed by atoms with E-state index in [4.69, 9.17) is 4.74 Å². The molecule has 7 heteroatoms. The lowest BCUT2D eigenvalue weighted by Gasteiger charge is -2.15. The first-order valence-corrected chi connectivity index (χ1v) is 10.3. The Morgan fingerprint density at radius 1 is 1.13 bits per heavy atom. The first-order valence-electron chi connectivity index (χ1n) is 10.3. The van der Waals surface area contributed by atoms with Crippen molar-refractivity contribution >= 4 is 23.3 Å². The summed E-state index contributed by atoms with van der Waals surface area (Å²) in [5.74, 6) is 0.246. The molecule has 1 atom stereocenters. The zero-order valence-corrected chi connectivity index (χ0v) is 17.2. The maximum Gasteiger partial charge on any atom is 0.272 e.